The summed E-state index contributed by atoms with van der Waals surface area (Å²) in [6.07, 6.45) is 0.995. The zero-order valence-electron chi connectivity index (χ0n) is 9.84. The van der Waals surface area contributed by atoms with E-state index in [1.165, 1.54) is 0 Å². The van der Waals surface area contributed by atoms with Gasteiger partial charge in [-0.2, -0.15) is 0 Å². The predicted octanol–water partition coefficient (Wildman–Crippen LogP) is 0.797. The lowest BCUT2D eigenvalue weighted by atomic mass is 9.74. The maximum Gasteiger partial charge on any atom is 0.312 e. The molecule has 1 rings (SSSR count). The van der Waals surface area contributed by atoms with Crippen LogP contribution in [0.15, 0.2) is 0 Å². The van der Waals surface area contributed by atoms with E-state index in [1.54, 1.807) is 13.8 Å². The first-order valence-electron chi connectivity index (χ1n) is 5.49. The van der Waals surface area contributed by atoms with Gasteiger partial charge in [-0.3, -0.25) is 14.4 Å². The largest absolute Gasteiger partial charge is 0.481 e. The van der Waals surface area contributed by atoms with Gasteiger partial charge < -0.3 is 14.6 Å². The standard InChI is InChI=1S/C11H16O6/c1-6(2)10(14)16-5-17-11(15)8-4-3-7(8)9(12)13/h6-8H,3-5H2,1-2H3,(H,12,13). The molecule has 0 aromatic carbocycles. The quantitative estimate of drug-likeness (QED) is 0.568. The van der Waals surface area contributed by atoms with Crippen LogP contribution < -0.4 is 0 Å². The fourth-order valence-electron chi connectivity index (χ4n) is 1.50. The molecule has 2 atom stereocenters. The van der Waals surface area contributed by atoms with E-state index >= 15 is 0 Å². The number of carbonyl (C=O) groups is 3. The number of hydrogen-bond donors (Lipinski definition) is 1. The third-order valence-electron chi connectivity index (χ3n) is 2.77. The molecule has 1 fully saturated rings. The van der Waals surface area contributed by atoms with Crippen molar-refractivity contribution in [3.05, 3.63) is 0 Å². The molecule has 0 saturated heterocycles. The molecule has 0 aromatic rings. The zero-order chi connectivity index (χ0) is 13.0. The summed E-state index contributed by atoms with van der Waals surface area (Å²) in [5.41, 5.74) is 0. The lowest BCUT2D eigenvalue weighted by Gasteiger charge is -2.30. The summed E-state index contributed by atoms with van der Waals surface area (Å²) in [5.74, 6) is -3.61. The summed E-state index contributed by atoms with van der Waals surface area (Å²) in [6, 6.07) is 0. The van der Waals surface area contributed by atoms with E-state index in [0.29, 0.717) is 12.8 Å². The Morgan fingerprint density at radius 1 is 1.18 bits per heavy atom. The zero-order valence-corrected chi connectivity index (χ0v) is 9.84. The molecule has 6 heteroatoms. The molecule has 6 nitrogen and oxygen atoms in total. The number of ether oxygens (including phenoxy) is 2. The van der Waals surface area contributed by atoms with Crippen LogP contribution in [-0.4, -0.2) is 29.8 Å². The van der Waals surface area contributed by atoms with Gasteiger partial charge in [0.05, 0.1) is 17.8 Å². The van der Waals surface area contributed by atoms with E-state index in [-0.39, 0.29) is 5.92 Å². The van der Waals surface area contributed by atoms with E-state index < -0.39 is 36.5 Å². The minimum Gasteiger partial charge on any atom is -0.481 e. The van der Waals surface area contributed by atoms with Gasteiger partial charge in [-0.05, 0) is 12.8 Å². The first kappa shape index (κ1) is 13.5. The maximum absolute atomic E-state index is 11.4. The van der Waals surface area contributed by atoms with Gasteiger partial charge in [0, 0.05) is 0 Å². The van der Waals surface area contributed by atoms with E-state index in [0.717, 1.165) is 0 Å². The number of carbonyl (C=O) groups excluding carboxylic acids is 2. The average molecular weight is 244 g/mol. The van der Waals surface area contributed by atoms with Crippen LogP contribution in [0.5, 0.6) is 0 Å². The summed E-state index contributed by atoms with van der Waals surface area (Å²) >= 11 is 0. The minimum absolute atomic E-state index is 0.288. The van der Waals surface area contributed by atoms with Crippen LogP contribution in [0.4, 0.5) is 0 Å². The molecule has 0 radical (unpaired) electrons. The third-order valence-corrected chi connectivity index (χ3v) is 2.77. The molecule has 17 heavy (non-hydrogen) atoms. The van der Waals surface area contributed by atoms with Crippen LogP contribution >= 0.6 is 0 Å². The van der Waals surface area contributed by atoms with Crippen LogP contribution in [-0.2, 0) is 23.9 Å². The molecule has 0 spiro atoms. The lowest BCUT2D eigenvalue weighted by molar-refractivity contribution is -0.179. The number of aliphatic carboxylic acids is 1. The van der Waals surface area contributed by atoms with Crippen molar-refractivity contribution >= 4 is 17.9 Å². The van der Waals surface area contributed by atoms with Crippen LogP contribution in [0.3, 0.4) is 0 Å². The Labute approximate surface area is 98.9 Å². The second kappa shape index (κ2) is 5.65. The Kier molecular flexibility index (Phi) is 4.48. The first-order chi connectivity index (χ1) is 7.93. The van der Waals surface area contributed by atoms with Crippen LogP contribution in [0.25, 0.3) is 0 Å². The summed E-state index contributed by atoms with van der Waals surface area (Å²) < 4.78 is 9.36. The summed E-state index contributed by atoms with van der Waals surface area (Å²) in [7, 11) is 0. The van der Waals surface area contributed by atoms with E-state index in [2.05, 4.69) is 4.74 Å². The maximum atomic E-state index is 11.4. The molecule has 1 saturated carbocycles. The minimum atomic E-state index is -0.989. The molecule has 1 aliphatic carbocycles. The lowest BCUT2D eigenvalue weighted by Crippen LogP contribution is -2.39. The average Bonchev–Trinajstić information content (AvgIpc) is 2.14. The van der Waals surface area contributed by atoms with Crippen LogP contribution in [0, 0.1) is 17.8 Å². The first-order valence-corrected chi connectivity index (χ1v) is 5.49. The highest BCUT2D eigenvalue weighted by Gasteiger charge is 2.42. The second-order valence-corrected chi connectivity index (χ2v) is 4.33. The highest BCUT2D eigenvalue weighted by atomic mass is 16.7. The van der Waals surface area contributed by atoms with Crippen LogP contribution in [0.2, 0.25) is 0 Å². The molecule has 0 aliphatic heterocycles. The molecule has 0 heterocycles. The summed E-state index contributed by atoms with van der Waals surface area (Å²) in [4.78, 5) is 33.1. The number of rotatable bonds is 5. The predicted molar refractivity (Wildman–Crippen MR) is 55.7 cm³/mol. The van der Waals surface area contributed by atoms with E-state index in [4.69, 9.17) is 9.84 Å². The van der Waals surface area contributed by atoms with Gasteiger partial charge in [0.15, 0.2) is 0 Å². The molecular weight excluding hydrogens is 228 g/mol. The molecule has 0 amide bonds. The summed E-state index contributed by atoms with van der Waals surface area (Å²) in [6.45, 7) is 2.88. The van der Waals surface area contributed by atoms with Gasteiger partial charge >= 0.3 is 17.9 Å². The molecule has 0 aromatic heterocycles. The fraction of sp³-hybridized carbons (Fsp3) is 0.727. The third kappa shape index (κ3) is 3.44. The molecule has 2 unspecified atom stereocenters. The number of esters is 2. The Hall–Kier alpha value is -1.59. The van der Waals surface area contributed by atoms with Crippen molar-refractivity contribution in [2.24, 2.45) is 17.8 Å². The van der Waals surface area contributed by atoms with Crippen molar-refractivity contribution in [2.45, 2.75) is 26.7 Å². The second-order valence-electron chi connectivity index (χ2n) is 4.33. The van der Waals surface area contributed by atoms with Crippen molar-refractivity contribution in [1.82, 2.24) is 0 Å². The van der Waals surface area contributed by atoms with Gasteiger partial charge in [-0.1, -0.05) is 13.8 Å². The molecule has 1 N–H and O–H groups in total. The molecule has 1 aliphatic rings. The highest BCUT2D eigenvalue weighted by molar-refractivity contribution is 5.82. The van der Waals surface area contributed by atoms with E-state index in [9.17, 15) is 14.4 Å². The van der Waals surface area contributed by atoms with Crippen molar-refractivity contribution < 1.29 is 29.0 Å². The van der Waals surface area contributed by atoms with Gasteiger partial charge in [-0.15, -0.1) is 0 Å². The van der Waals surface area contributed by atoms with Crippen molar-refractivity contribution in [1.29, 1.82) is 0 Å². The molecular formula is C11H16O6. The van der Waals surface area contributed by atoms with Crippen molar-refractivity contribution in [2.75, 3.05) is 6.79 Å². The SMILES string of the molecule is CC(C)C(=O)OCOC(=O)C1CCC1C(=O)O. The van der Waals surface area contributed by atoms with Gasteiger partial charge in [0.25, 0.3) is 0 Å². The smallest absolute Gasteiger partial charge is 0.312 e. The van der Waals surface area contributed by atoms with E-state index in [1.807, 2.05) is 0 Å². The summed E-state index contributed by atoms with van der Waals surface area (Å²) in [5, 5.41) is 8.75. The Morgan fingerprint density at radius 2 is 1.76 bits per heavy atom. The number of carboxylic acids is 1. The van der Waals surface area contributed by atoms with Crippen LogP contribution in [0.1, 0.15) is 26.7 Å². The number of hydrogen-bond acceptors (Lipinski definition) is 5. The Morgan fingerprint density at radius 3 is 2.18 bits per heavy atom. The number of carboxylic acid groups (broad SMARTS) is 1. The van der Waals surface area contributed by atoms with Gasteiger partial charge in [-0.25, -0.2) is 0 Å². The fourth-order valence-corrected chi connectivity index (χ4v) is 1.50. The monoisotopic (exact) mass is 244 g/mol. The molecule has 96 valence electrons. The molecule has 0 bridgehead atoms. The Balaban J connectivity index is 2.26. The normalized spacial score (nSPS) is 22.8. The van der Waals surface area contributed by atoms with Gasteiger partial charge in [0.1, 0.15) is 0 Å². The highest BCUT2D eigenvalue weighted by Crippen LogP contribution is 2.35. The van der Waals surface area contributed by atoms with Gasteiger partial charge in [0.2, 0.25) is 6.79 Å². The van der Waals surface area contributed by atoms with Crippen molar-refractivity contribution in [3.8, 4) is 0 Å². The topological polar surface area (TPSA) is 89.9 Å². The Bertz CT molecular complexity index is 322. The van der Waals surface area contributed by atoms with Crippen molar-refractivity contribution in [3.63, 3.8) is 0 Å².